The molecule has 6 nitrogen and oxygen atoms in total. The molecule has 1 N–H and O–H groups in total. The summed E-state index contributed by atoms with van der Waals surface area (Å²) in [6, 6.07) is 9.67. The van der Waals surface area contributed by atoms with Gasteiger partial charge in [0.25, 0.3) is 0 Å². The number of carbonyl (C=O) groups is 1. The van der Waals surface area contributed by atoms with Crippen molar-refractivity contribution in [3.8, 4) is 0 Å². The van der Waals surface area contributed by atoms with Crippen LogP contribution in [-0.2, 0) is 4.74 Å². The van der Waals surface area contributed by atoms with Gasteiger partial charge in [0, 0.05) is 18.1 Å². The summed E-state index contributed by atoms with van der Waals surface area (Å²) in [5.74, 6) is 0.595. The summed E-state index contributed by atoms with van der Waals surface area (Å²) in [7, 11) is 0. The summed E-state index contributed by atoms with van der Waals surface area (Å²) in [4.78, 5) is 21.4. The van der Waals surface area contributed by atoms with Crippen molar-refractivity contribution >= 4 is 17.7 Å². The van der Waals surface area contributed by atoms with Gasteiger partial charge in [-0.25, -0.2) is 14.8 Å². The third-order valence-corrected chi connectivity index (χ3v) is 3.38. The monoisotopic (exact) mass is 284 g/mol. The first-order valence-electron chi connectivity index (χ1n) is 6.82. The van der Waals surface area contributed by atoms with E-state index in [4.69, 9.17) is 4.74 Å². The van der Waals surface area contributed by atoms with Crippen molar-refractivity contribution < 1.29 is 9.53 Å². The average molecular weight is 284 g/mol. The van der Waals surface area contributed by atoms with Gasteiger partial charge in [0.15, 0.2) is 0 Å². The van der Waals surface area contributed by atoms with Crippen LogP contribution in [0.2, 0.25) is 0 Å². The molecule has 1 aromatic carbocycles. The van der Waals surface area contributed by atoms with Gasteiger partial charge in [-0.1, -0.05) is 12.1 Å². The summed E-state index contributed by atoms with van der Waals surface area (Å²) in [6.07, 6.45) is 3.11. The number of hydrogen-bond donors (Lipinski definition) is 1. The molecule has 0 unspecified atom stereocenters. The molecule has 0 bridgehead atoms. The van der Waals surface area contributed by atoms with Crippen molar-refractivity contribution in [2.45, 2.75) is 13.0 Å². The standard InChI is InChI=1S/C15H16N4O2/c1-11(18-14-16-7-2-8-17-14)12-3-5-13(6-4-12)19-9-10-21-15(19)20/h2-8,11H,9-10H2,1H3,(H,16,17,18)/t11-/m0/s1. The lowest BCUT2D eigenvalue weighted by molar-refractivity contribution is 0.181. The van der Waals surface area contributed by atoms with E-state index in [9.17, 15) is 4.79 Å². The van der Waals surface area contributed by atoms with Gasteiger partial charge in [-0.05, 0) is 30.7 Å². The fourth-order valence-electron chi connectivity index (χ4n) is 2.22. The average Bonchev–Trinajstić information content (AvgIpc) is 2.94. The summed E-state index contributed by atoms with van der Waals surface area (Å²) >= 11 is 0. The highest BCUT2D eigenvalue weighted by Crippen LogP contribution is 2.23. The number of anilines is 2. The maximum absolute atomic E-state index is 11.5. The summed E-state index contributed by atoms with van der Waals surface area (Å²) in [6.45, 7) is 3.09. The van der Waals surface area contributed by atoms with E-state index in [-0.39, 0.29) is 12.1 Å². The van der Waals surface area contributed by atoms with Crippen molar-refractivity contribution in [2.75, 3.05) is 23.4 Å². The predicted molar refractivity (Wildman–Crippen MR) is 79.2 cm³/mol. The lowest BCUT2D eigenvalue weighted by Crippen LogP contribution is -2.23. The van der Waals surface area contributed by atoms with Crippen molar-refractivity contribution in [3.63, 3.8) is 0 Å². The van der Waals surface area contributed by atoms with Crippen LogP contribution in [0.4, 0.5) is 16.4 Å². The third-order valence-electron chi connectivity index (χ3n) is 3.38. The fourth-order valence-corrected chi connectivity index (χ4v) is 2.22. The first-order chi connectivity index (χ1) is 10.2. The topological polar surface area (TPSA) is 67.3 Å². The van der Waals surface area contributed by atoms with Crippen molar-refractivity contribution in [1.29, 1.82) is 0 Å². The largest absolute Gasteiger partial charge is 0.447 e. The Kier molecular flexibility index (Phi) is 3.68. The number of amides is 1. The Morgan fingerprint density at radius 2 is 1.95 bits per heavy atom. The summed E-state index contributed by atoms with van der Waals surface area (Å²) < 4.78 is 4.93. The molecule has 0 aliphatic carbocycles. The summed E-state index contributed by atoms with van der Waals surface area (Å²) in [5.41, 5.74) is 1.95. The molecule has 1 aromatic heterocycles. The molecule has 1 aliphatic rings. The molecule has 0 saturated carbocycles. The van der Waals surface area contributed by atoms with Gasteiger partial charge >= 0.3 is 6.09 Å². The highest BCUT2D eigenvalue weighted by Gasteiger charge is 2.23. The van der Waals surface area contributed by atoms with E-state index in [0.717, 1.165) is 11.3 Å². The normalized spacial score (nSPS) is 15.7. The number of nitrogens with one attached hydrogen (secondary N) is 1. The number of carbonyl (C=O) groups excluding carboxylic acids is 1. The zero-order valence-corrected chi connectivity index (χ0v) is 11.7. The minimum absolute atomic E-state index is 0.0759. The first kappa shape index (κ1) is 13.4. The van der Waals surface area contributed by atoms with Gasteiger partial charge in [0.05, 0.1) is 12.6 Å². The Labute approximate surface area is 122 Å². The molecule has 1 amide bonds. The molecule has 1 atom stereocenters. The molecule has 1 saturated heterocycles. The van der Waals surface area contributed by atoms with E-state index >= 15 is 0 Å². The van der Waals surface area contributed by atoms with Gasteiger partial charge in [-0.15, -0.1) is 0 Å². The van der Waals surface area contributed by atoms with E-state index < -0.39 is 0 Å². The molecular weight excluding hydrogens is 268 g/mol. The first-order valence-corrected chi connectivity index (χ1v) is 6.82. The fraction of sp³-hybridized carbons (Fsp3) is 0.267. The van der Waals surface area contributed by atoms with E-state index in [0.29, 0.717) is 19.1 Å². The maximum atomic E-state index is 11.5. The Bertz CT molecular complexity index is 615. The van der Waals surface area contributed by atoms with Crippen LogP contribution in [0.5, 0.6) is 0 Å². The van der Waals surface area contributed by atoms with E-state index in [1.165, 1.54) is 0 Å². The van der Waals surface area contributed by atoms with Crippen LogP contribution < -0.4 is 10.2 Å². The number of ether oxygens (including phenoxy) is 1. The molecule has 108 valence electrons. The minimum atomic E-state index is -0.286. The van der Waals surface area contributed by atoms with Crippen LogP contribution in [-0.4, -0.2) is 29.2 Å². The van der Waals surface area contributed by atoms with E-state index in [1.54, 1.807) is 23.4 Å². The second-order valence-electron chi connectivity index (χ2n) is 4.80. The second-order valence-corrected chi connectivity index (χ2v) is 4.80. The van der Waals surface area contributed by atoms with E-state index in [2.05, 4.69) is 15.3 Å². The maximum Gasteiger partial charge on any atom is 0.414 e. The highest BCUT2D eigenvalue weighted by atomic mass is 16.6. The highest BCUT2D eigenvalue weighted by molar-refractivity contribution is 5.89. The van der Waals surface area contributed by atoms with Crippen LogP contribution in [0.25, 0.3) is 0 Å². The number of cyclic esters (lactones) is 1. The Morgan fingerprint density at radius 3 is 2.57 bits per heavy atom. The SMILES string of the molecule is C[C@H](Nc1ncccn1)c1ccc(N2CCOC2=O)cc1. The second kappa shape index (κ2) is 5.78. The molecule has 0 spiro atoms. The smallest absolute Gasteiger partial charge is 0.414 e. The lowest BCUT2D eigenvalue weighted by atomic mass is 10.1. The molecule has 1 aliphatic heterocycles. The van der Waals surface area contributed by atoms with Crippen LogP contribution in [0.3, 0.4) is 0 Å². The van der Waals surface area contributed by atoms with Crippen LogP contribution in [0.15, 0.2) is 42.7 Å². The Hall–Kier alpha value is -2.63. The Morgan fingerprint density at radius 1 is 1.24 bits per heavy atom. The molecular formula is C15H16N4O2. The zero-order chi connectivity index (χ0) is 14.7. The van der Waals surface area contributed by atoms with Gasteiger partial charge < -0.3 is 10.1 Å². The molecule has 6 heteroatoms. The van der Waals surface area contributed by atoms with Gasteiger partial charge in [0.2, 0.25) is 5.95 Å². The van der Waals surface area contributed by atoms with Crippen LogP contribution in [0.1, 0.15) is 18.5 Å². The van der Waals surface area contributed by atoms with Crippen molar-refractivity contribution in [1.82, 2.24) is 9.97 Å². The third kappa shape index (κ3) is 2.94. The van der Waals surface area contributed by atoms with Crippen LogP contribution >= 0.6 is 0 Å². The van der Waals surface area contributed by atoms with Crippen molar-refractivity contribution in [2.24, 2.45) is 0 Å². The number of nitrogens with zero attached hydrogens (tertiary/aromatic N) is 3. The number of aromatic nitrogens is 2. The van der Waals surface area contributed by atoms with Gasteiger partial charge in [-0.3, -0.25) is 4.90 Å². The molecule has 0 radical (unpaired) electrons. The number of rotatable bonds is 4. The quantitative estimate of drug-likeness (QED) is 0.934. The lowest BCUT2D eigenvalue weighted by Gasteiger charge is -2.16. The molecule has 2 aromatic rings. The number of hydrogen-bond acceptors (Lipinski definition) is 5. The van der Waals surface area contributed by atoms with Gasteiger partial charge in [-0.2, -0.15) is 0 Å². The molecule has 1 fully saturated rings. The van der Waals surface area contributed by atoms with Gasteiger partial charge in [0.1, 0.15) is 6.61 Å². The van der Waals surface area contributed by atoms with E-state index in [1.807, 2.05) is 31.2 Å². The minimum Gasteiger partial charge on any atom is -0.447 e. The van der Waals surface area contributed by atoms with Crippen molar-refractivity contribution in [3.05, 3.63) is 48.3 Å². The predicted octanol–water partition coefficient (Wildman–Crippen LogP) is 2.61. The van der Waals surface area contributed by atoms with Crippen LogP contribution in [0, 0.1) is 0 Å². The summed E-state index contributed by atoms with van der Waals surface area (Å²) in [5, 5.41) is 3.23. The molecule has 21 heavy (non-hydrogen) atoms. The molecule has 3 rings (SSSR count). The molecule has 2 heterocycles. The Balaban J connectivity index is 1.70. The number of benzene rings is 1. The zero-order valence-electron chi connectivity index (χ0n) is 11.7.